The molecule has 1 heterocycles. The van der Waals surface area contributed by atoms with E-state index < -0.39 is 0 Å². The minimum atomic E-state index is 0.981. The quantitative estimate of drug-likeness (QED) is 0.759. The molecule has 0 bridgehead atoms. The maximum Gasteiger partial charge on any atom is 0.0767 e. The highest BCUT2D eigenvalue weighted by atomic mass is 15.1. The highest BCUT2D eigenvalue weighted by molar-refractivity contribution is 5.59. The molecule has 0 aliphatic heterocycles. The van der Waals surface area contributed by atoms with Crippen LogP contribution >= 0.6 is 0 Å². The second kappa shape index (κ2) is 3.54. The van der Waals surface area contributed by atoms with E-state index >= 15 is 0 Å². The van der Waals surface area contributed by atoms with Crippen molar-refractivity contribution in [2.24, 2.45) is 0 Å². The Morgan fingerprint density at radius 3 is 2.36 bits per heavy atom. The molecule has 0 aliphatic rings. The van der Waals surface area contributed by atoms with Gasteiger partial charge in [-0.15, -0.1) is 0 Å². The van der Waals surface area contributed by atoms with Crippen LogP contribution < -0.4 is 5.32 Å². The maximum absolute atomic E-state index is 3.88. The molecule has 2 N–H and O–H groups in total. The molecule has 0 saturated carbocycles. The van der Waals surface area contributed by atoms with E-state index in [1.807, 2.05) is 6.20 Å². The van der Waals surface area contributed by atoms with Crippen LogP contribution in [0.1, 0.15) is 11.1 Å². The molecule has 3 heteroatoms. The van der Waals surface area contributed by atoms with Gasteiger partial charge in [-0.25, -0.2) is 0 Å². The summed E-state index contributed by atoms with van der Waals surface area (Å²) in [4.78, 5) is 0. The van der Waals surface area contributed by atoms with Crippen LogP contribution in [0.3, 0.4) is 0 Å². The molecule has 1 aromatic carbocycles. The number of rotatable bonds is 2. The molecule has 0 unspecified atom stereocenters. The van der Waals surface area contributed by atoms with Crippen LogP contribution in [0.15, 0.2) is 30.6 Å². The molecule has 0 spiro atoms. The van der Waals surface area contributed by atoms with Gasteiger partial charge in [0.1, 0.15) is 0 Å². The number of aromatic nitrogens is 2. The first-order valence-electron chi connectivity index (χ1n) is 4.58. The molecule has 0 fully saturated rings. The van der Waals surface area contributed by atoms with Gasteiger partial charge in [0.05, 0.1) is 11.9 Å². The van der Waals surface area contributed by atoms with E-state index in [2.05, 4.69) is 47.6 Å². The van der Waals surface area contributed by atoms with E-state index in [-0.39, 0.29) is 0 Å². The van der Waals surface area contributed by atoms with Gasteiger partial charge in [0.15, 0.2) is 0 Å². The topological polar surface area (TPSA) is 40.7 Å². The van der Waals surface area contributed by atoms with E-state index in [1.54, 1.807) is 6.20 Å². The SMILES string of the molecule is Cc1cc(C)cc(Nc2cn[nH]c2)c1. The average molecular weight is 187 g/mol. The lowest BCUT2D eigenvalue weighted by Crippen LogP contribution is -1.89. The number of aryl methyl sites for hydroxylation is 2. The minimum absolute atomic E-state index is 0.981. The fraction of sp³-hybridized carbons (Fsp3) is 0.182. The fourth-order valence-electron chi connectivity index (χ4n) is 1.53. The van der Waals surface area contributed by atoms with Gasteiger partial charge in [0.25, 0.3) is 0 Å². The molecule has 0 saturated heterocycles. The number of H-pyrrole nitrogens is 1. The average Bonchev–Trinajstić information content (AvgIpc) is 2.54. The van der Waals surface area contributed by atoms with Gasteiger partial charge in [-0.05, 0) is 37.1 Å². The number of anilines is 2. The molecule has 0 atom stereocenters. The Labute approximate surface area is 83.2 Å². The number of benzene rings is 1. The van der Waals surface area contributed by atoms with Gasteiger partial charge in [-0.3, -0.25) is 5.10 Å². The Kier molecular flexibility index (Phi) is 2.23. The van der Waals surface area contributed by atoms with Crippen molar-refractivity contribution in [1.29, 1.82) is 0 Å². The predicted octanol–water partition coefficient (Wildman–Crippen LogP) is 2.77. The van der Waals surface area contributed by atoms with E-state index in [9.17, 15) is 0 Å². The van der Waals surface area contributed by atoms with Gasteiger partial charge in [0, 0.05) is 11.9 Å². The third kappa shape index (κ3) is 1.93. The summed E-state index contributed by atoms with van der Waals surface area (Å²) in [6.45, 7) is 4.18. The number of aromatic amines is 1. The van der Waals surface area contributed by atoms with Gasteiger partial charge in [-0.1, -0.05) is 6.07 Å². The van der Waals surface area contributed by atoms with E-state index in [4.69, 9.17) is 0 Å². The summed E-state index contributed by atoms with van der Waals surface area (Å²) in [7, 11) is 0. The summed E-state index contributed by atoms with van der Waals surface area (Å²) in [5.41, 5.74) is 4.60. The summed E-state index contributed by atoms with van der Waals surface area (Å²) in [6, 6.07) is 6.38. The second-order valence-electron chi connectivity index (χ2n) is 3.49. The summed E-state index contributed by atoms with van der Waals surface area (Å²) in [6.07, 6.45) is 3.59. The minimum Gasteiger partial charge on any atom is -0.353 e. The van der Waals surface area contributed by atoms with Crippen molar-refractivity contribution in [2.75, 3.05) is 5.32 Å². The molecule has 3 nitrogen and oxygen atoms in total. The van der Waals surface area contributed by atoms with Crippen molar-refractivity contribution in [1.82, 2.24) is 10.2 Å². The van der Waals surface area contributed by atoms with Crippen LogP contribution in [0.2, 0.25) is 0 Å². The molecule has 0 radical (unpaired) electrons. The van der Waals surface area contributed by atoms with Crippen LogP contribution in [0.25, 0.3) is 0 Å². The monoisotopic (exact) mass is 187 g/mol. The van der Waals surface area contributed by atoms with Gasteiger partial charge >= 0.3 is 0 Å². The molecule has 1 aromatic heterocycles. The lowest BCUT2D eigenvalue weighted by atomic mass is 10.1. The van der Waals surface area contributed by atoms with Gasteiger partial charge < -0.3 is 5.32 Å². The van der Waals surface area contributed by atoms with Crippen molar-refractivity contribution < 1.29 is 0 Å². The van der Waals surface area contributed by atoms with E-state index in [1.165, 1.54) is 11.1 Å². The number of hydrogen-bond donors (Lipinski definition) is 2. The van der Waals surface area contributed by atoms with Crippen LogP contribution in [-0.4, -0.2) is 10.2 Å². The normalized spacial score (nSPS) is 10.1. The standard InChI is InChI=1S/C11H13N3/c1-8-3-9(2)5-10(4-8)14-11-6-12-13-7-11/h3-7,14H,1-2H3,(H,12,13). The molecule has 2 rings (SSSR count). The number of hydrogen-bond acceptors (Lipinski definition) is 2. The fourth-order valence-corrected chi connectivity index (χ4v) is 1.53. The zero-order chi connectivity index (χ0) is 9.97. The van der Waals surface area contributed by atoms with Crippen molar-refractivity contribution in [2.45, 2.75) is 13.8 Å². The van der Waals surface area contributed by atoms with E-state index in [0.29, 0.717) is 0 Å². The second-order valence-corrected chi connectivity index (χ2v) is 3.49. The molecule has 14 heavy (non-hydrogen) atoms. The van der Waals surface area contributed by atoms with Crippen LogP contribution in [0.4, 0.5) is 11.4 Å². The zero-order valence-corrected chi connectivity index (χ0v) is 8.33. The Hall–Kier alpha value is -1.77. The smallest absolute Gasteiger partial charge is 0.0767 e. The Bertz CT molecular complexity index is 398. The Balaban J connectivity index is 2.25. The van der Waals surface area contributed by atoms with Crippen molar-refractivity contribution in [3.05, 3.63) is 41.7 Å². The lowest BCUT2D eigenvalue weighted by Gasteiger charge is -2.05. The number of nitrogens with one attached hydrogen (secondary N) is 2. The molecular formula is C11H13N3. The van der Waals surface area contributed by atoms with Crippen molar-refractivity contribution >= 4 is 11.4 Å². The molecule has 72 valence electrons. The van der Waals surface area contributed by atoms with Crippen molar-refractivity contribution in [3.8, 4) is 0 Å². The van der Waals surface area contributed by atoms with Gasteiger partial charge in [0.2, 0.25) is 0 Å². The maximum atomic E-state index is 3.88. The summed E-state index contributed by atoms with van der Waals surface area (Å²) < 4.78 is 0. The molecular weight excluding hydrogens is 174 g/mol. The molecule has 0 aliphatic carbocycles. The Morgan fingerprint density at radius 1 is 1.07 bits per heavy atom. The summed E-state index contributed by atoms with van der Waals surface area (Å²) >= 11 is 0. The van der Waals surface area contributed by atoms with Crippen LogP contribution in [0.5, 0.6) is 0 Å². The molecule has 0 amide bonds. The van der Waals surface area contributed by atoms with Crippen LogP contribution in [-0.2, 0) is 0 Å². The predicted molar refractivity (Wildman–Crippen MR) is 57.8 cm³/mol. The first-order chi connectivity index (χ1) is 6.74. The largest absolute Gasteiger partial charge is 0.353 e. The first kappa shape index (κ1) is 8.81. The van der Waals surface area contributed by atoms with Crippen molar-refractivity contribution in [3.63, 3.8) is 0 Å². The number of nitrogens with zero attached hydrogens (tertiary/aromatic N) is 1. The lowest BCUT2D eigenvalue weighted by molar-refractivity contribution is 1.09. The van der Waals surface area contributed by atoms with Gasteiger partial charge in [-0.2, -0.15) is 5.10 Å². The molecule has 2 aromatic rings. The zero-order valence-electron chi connectivity index (χ0n) is 8.33. The third-order valence-electron chi connectivity index (χ3n) is 2.01. The van der Waals surface area contributed by atoms with Crippen LogP contribution in [0, 0.1) is 13.8 Å². The first-order valence-corrected chi connectivity index (χ1v) is 4.58. The highest BCUT2D eigenvalue weighted by Gasteiger charge is 1.97. The summed E-state index contributed by atoms with van der Waals surface area (Å²) in [5, 5.41) is 9.91. The third-order valence-corrected chi connectivity index (χ3v) is 2.01. The highest BCUT2D eigenvalue weighted by Crippen LogP contribution is 2.18. The van der Waals surface area contributed by atoms with E-state index in [0.717, 1.165) is 11.4 Å². The summed E-state index contributed by atoms with van der Waals surface area (Å²) in [5.74, 6) is 0. The Morgan fingerprint density at radius 2 is 1.79 bits per heavy atom.